The van der Waals surface area contributed by atoms with Crippen LogP contribution < -0.4 is 5.32 Å². The molecule has 1 aromatic rings. The Bertz CT molecular complexity index is 380. The van der Waals surface area contributed by atoms with Gasteiger partial charge in [0, 0.05) is 16.6 Å². The first-order valence-electron chi connectivity index (χ1n) is 6.25. The summed E-state index contributed by atoms with van der Waals surface area (Å²) in [6, 6.07) is 8.64. The molecule has 1 heterocycles. The Morgan fingerprint density at radius 3 is 2.88 bits per heavy atom. The van der Waals surface area contributed by atoms with Crippen molar-refractivity contribution in [1.29, 1.82) is 0 Å². The number of likely N-dealkylation sites (tertiary alicyclic amines) is 1. The van der Waals surface area contributed by atoms with Crippen molar-refractivity contribution in [2.45, 2.75) is 24.8 Å². The van der Waals surface area contributed by atoms with E-state index in [1.807, 2.05) is 0 Å². The lowest BCUT2D eigenvalue weighted by Gasteiger charge is -2.28. The van der Waals surface area contributed by atoms with Crippen molar-refractivity contribution >= 4 is 15.9 Å². The van der Waals surface area contributed by atoms with Gasteiger partial charge in [0.2, 0.25) is 0 Å². The molecule has 1 atom stereocenters. The number of benzene rings is 1. The number of rotatable bonds is 4. The van der Waals surface area contributed by atoms with Crippen molar-refractivity contribution in [1.82, 2.24) is 10.2 Å². The third kappa shape index (κ3) is 3.30. The minimum atomic E-state index is 0.317. The Labute approximate surface area is 113 Å². The summed E-state index contributed by atoms with van der Waals surface area (Å²) in [7, 11) is 4.30. The van der Waals surface area contributed by atoms with Gasteiger partial charge in [-0.25, -0.2) is 0 Å². The van der Waals surface area contributed by atoms with Crippen molar-refractivity contribution in [3.05, 3.63) is 34.3 Å². The monoisotopic (exact) mass is 296 g/mol. The van der Waals surface area contributed by atoms with Crippen LogP contribution in [0.4, 0.5) is 0 Å². The molecule has 1 aliphatic heterocycles. The van der Waals surface area contributed by atoms with Gasteiger partial charge in [-0.15, -0.1) is 0 Å². The molecule has 0 aromatic heterocycles. The quantitative estimate of drug-likeness (QED) is 0.919. The van der Waals surface area contributed by atoms with E-state index in [4.69, 9.17) is 0 Å². The summed E-state index contributed by atoms with van der Waals surface area (Å²) < 4.78 is 1.18. The van der Waals surface area contributed by atoms with Crippen molar-refractivity contribution in [2.24, 2.45) is 0 Å². The number of hydrogen-bond donors (Lipinski definition) is 1. The van der Waals surface area contributed by atoms with Gasteiger partial charge < -0.3 is 10.2 Å². The van der Waals surface area contributed by atoms with E-state index in [9.17, 15) is 0 Å². The summed E-state index contributed by atoms with van der Waals surface area (Å²) in [4.78, 5) is 2.41. The van der Waals surface area contributed by atoms with Gasteiger partial charge in [0.15, 0.2) is 0 Å². The molecule has 1 aliphatic rings. The van der Waals surface area contributed by atoms with Crippen LogP contribution in [0.3, 0.4) is 0 Å². The van der Waals surface area contributed by atoms with Crippen LogP contribution in [0.1, 0.15) is 18.4 Å². The van der Waals surface area contributed by atoms with Crippen molar-refractivity contribution < 1.29 is 0 Å². The van der Waals surface area contributed by atoms with Gasteiger partial charge in [-0.3, -0.25) is 0 Å². The lowest BCUT2D eigenvalue weighted by Crippen LogP contribution is -2.45. The molecule has 2 nitrogen and oxygen atoms in total. The molecule has 0 amide bonds. The zero-order valence-corrected chi connectivity index (χ0v) is 12.3. The number of halogens is 1. The van der Waals surface area contributed by atoms with Gasteiger partial charge >= 0.3 is 0 Å². The maximum absolute atomic E-state index is 3.54. The molecule has 3 heteroatoms. The van der Waals surface area contributed by atoms with E-state index in [-0.39, 0.29) is 0 Å². The van der Waals surface area contributed by atoms with E-state index in [1.165, 1.54) is 29.4 Å². The fraction of sp³-hybridized carbons (Fsp3) is 0.571. The average molecular weight is 297 g/mol. The first kappa shape index (κ1) is 13.1. The molecule has 2 rings (SSSR count). The van der Waals surface area contributed by atoms with Crippen LogP contribution in [-0.2, 0) is 6.42 Å². The minimum Gasteiger partial charge on any atom is -0.313 e. The second-order valence-corrected chi connectivity index (χ2v) is 6.06. The van der Waals surface area contributed by atoms with Gasteiger partial charge in [0.1, 0.15) is 0 Å². The smallest absolute Gasteiger partial charge is 0.0321 e. The highest BCUT2D eigenvalue weighted by Crippen LogP contribution is 2.25. The molecule has 17 heavy (non-hydrogen) atoms. The molecule has 0 saturated carbocycles. The van der Waals surface area contributed by atoms with E-state index in [0.29, 0.717) is 5.54 Å². The maximum atomic E-state index is 3.54. The number of hydrogen-bond acceptors (Lipinski definition) is 2. The van der Waals surface area contributed by atoms with Gasteiger partial charge in [-0.05, 0) is 57.6 Å². The summed E-state index contributed by atoms with van der Waals surface area (Å²) in [5, 5.41) is 3.54. The number of nitrogens with zero attached hydrogens (tertiary/aromatic N) is 1. The molecule has 0 aliphatic carbocycles. The molecule has 1 aromatic carbocycles. The average Bonchev–Trinajstić information content (AvgIpc) is 2.70. The van der Waals surface area contributed by atoms with E-state index in [1.54, 1.807) is 0 Å². The molecule has 94 valence electrons. The molecular weight excluding hydrogens is 276 g/mol. The Balaban J connectivity index is 1.97. The van der Waals surface area contributed by atoms with E-state index in [2.05, 4.69) is 64.5 Å². The summed E-state index contributed by atoms with van der Waals surface area (Å²) in [5.41, 5.74) is 1.74. The highest BCUT2D eigenvalue weighted by molar-refractivity contribution is 9.10. The van der Waals surface area contributed by atoms with Gasteiger partial charge in [-0.1, -0.05) is 28.1 Å². The zero-order valence-electron chi connectivity index (χ0n) is 10.7. The molecule has 1 fully saturated rings. The SMILES string of the molecule is CNC1(CCc2cccc(Br)c2)CCN(C)C1. The molecular formula is C14H21BrN2. The van der Waals surface area contributed by atoms with Crippen molar-refractivity contribution in [2.75, 3.05) is 27.2 Å². The van der Waals surface area contributed by atoms with Crippen LogP contribution in [-0.4, -0.2) is 37.6 Å². The molecule has 0 spiro atoms. The topological polar surface area (TPSA) is 15.3 Å². The Kier molecular flexibility index (Phi) is 4.23. The lowest BCUT2D eigenvalue weighted by molar-refractivity contribution is 0.311. The van der Waals surface area contributed by atoms with Gasteiger partial charge in [-0.2, -0.15) is 0 Å². The lowest BCUT2D eigenvalue weighted by atomic mass is 9.90. The number of aryl methyl sites for hydroxylation is 1. The largest absolute Gasteiger partial charge is 0.313 e. The fourth-order valence-corrected chi connectivity index (χ4v) is 3.14. The highest BCUT2D eigenvalue weighted by atomic mass is 79.9. The Morgan fingerprint density at radius 1 is 1.47 bits per heavy atom. The van der Waals surface area contributed by atoms with Crippen molar-refractivity contribution in [3.8, 4) is 0 Å². The predicted octanol–water partition coefficient (Wildman–Crippen LogP) is 2.68. The minimum absolute atomic E-state index is 0.317. The predicted molar refractivity (Wildman–Crippen MR) is 76.4 cm³/mol. The highest BCUT2D eigenvalue weighted by Gasteiger charge is 2.34. The second-order valence-electron chi connectivity index (χ2n) is 5.15. The third-order valence-corrected chi connectivity index (χ3v) is 4.35. The van der Waals surface area contributed by atoms with E-state index < -0.39 is 0 Å². The summed E-state index contributed by atoms with van der Waals surface area (Å²) in [6.07, 6.45) is 3.62. The van der Waals surface area contributed by atoms with E-state index >= 15 is 0 Å². The summed E-state index contributed by atoms with van der Waals surface area (Å²) in [5.74, 6) is 0. The van der Waals surface area contributed by atoms with Crippen LogP contribution in [0.25, 0.3) is 0 Å². The first-order chi connectivity index (χ1) is 8.13. The zero-order chi connectivity index (χ0) is 12.3. The van der Waals surface area contributed by atoms with Crippen LogP contribution in [0, 0.1) is 0 Å². The molecule has 0 radical (unpaired) electrons. The number of likely N-dealkylation sites (N-methyl/N-ethyl adjacent to an activating group) is 2. The summed E-state index contributed by atoms with van der Waals surface area (Å²) in [6.45, 7) is 2.37. The van der Waals surface area contributed by atoms with Gasteiger partial charge in [0.05, 0.1) is 0 Å². The fourth-order valence-electron chi connectivity index (χ4n) is 2.69. The van der Waals surface area contributed by atoms with Crippen molar-refractivity contribution in [3.63, 3.8) is 0 Å². The maximum Gasteiger partial charge on any atom is 0.0321 e. The molecule has 0 bridgehead atoms. The first-order valence-corrected chi connectivity index (χ1v) is 7.05. The van der Waals surface area contributed by atoms with Gasteiger partial charge in [0.25, 0.3) is 0 Å². The normalized spacial score (nSPS) is 25.4. The molecule has 1 unspecified atom stereocenters. The molecule has 1 saturated heterocycles. The molecule has 1 N–H and O–H groups in total. The van der Waals surface area contributed by atoms with E-state index in [0.717, 1.165) is 13.0 Å². The van der Waals surface area contributed by atoms with Crippen LogP contribution in [0.5, 0.6) is 0 Å². The van der Waals surface area contributed by atoms with Crippen LogP contribution in [0.15, 0.2) is 28.7 Å². The Hall–Kier alpha value is -0.380. The van der Waals surface area contributed by atoms with Crippen LogP contribution >= 0.6 is 15.9 Å². The number of nitrogens with one attached hydrogen (secondary N) is 1. The third-order valence-electron chi connectivity index (χ3n) is 3.86. The standard InChI is InChI=1S/C14H21BrN2/c1-16-14(8-9-17(2)11-14)7-6-12-4-3-5-13(15)10-12/h3-5,10,16H,6-9,11H2,1-2H3. The Morgan fingerprint density at radius 2 is 2.29 bits per heavy atom. The van der Waals surface area contributed by atoms with Crippen LogP contribution in [0.2, 0.25) is 0 Å². The second kappa shape index (κ2) is 5.51. The summed E-state index contributed by atoms with van der Waals surface area (Å²) >= 11 is 3.53.